The lowest BCUT2D eigenvalue weighted by Crippen LogP contribution is -2.17. The largest absolute Gasteiger partial charge is 0.479 e. The van der Waals surface area contributed by atoms with Gasteiger partial charge in [0.05, 0.1) is 25.8 Å². The maximum atomic E-state index is 6.13. The fourth-order valence-electron chi connectivity index (χ4n) is 3.04. The molecule has 10 nitrogen and oxygen atoms in total. The summed E-state index contributed by atoms with van der Waals surface area (Å²) < 4.78 is 9.17. The number of nitrogens with one attached hydrogen (secondary N) is 1. The van der Waals surface area contributed by atoms with Crippen molar-refractivity contribution < 1.29 is 4.74 Å². The number of hydrogen-bond acceptors (Lipinski definition) is 8. The molecule has 0 bridgehead atoms. The third-order valence-electron chi connectivity index (χ3n) is 4.51. The summed E-state index contributed by atoms with van der Waals surface area (Å²) in [4.78, 5) is 25.9. The van der Waals surface area contributed by atoms with E-state index in [2.05, 4.69) is 56.0 Å². The third-order valence-corrected chi connectivity index (χ3v) is 4.68. The zero-order valence-electron chi connectivity index (χ0n) is 16.0. The van der Waals surface area contributed by atoms with Gasteiger partial charge in [-0.25, -0.2) is 15.0 Å². The number of imidazole rings is 2. The lowest BCUT2D eigenvalue weighted by molar-refractivity contribution is 0.401. The van der Waals surface area contributed by atoms with Gasteiger partial charge in [-0.1, -0.05) is 0 Å². The van der Waals surface area contributed by atoms with Gasteiger partial charge in [0.15, 0.2) is 28.1 Å². The van der Waals surface area contributed by atoms with Crippen LogP contribution in [0.25, 0.3) is 22.3 Å². The summed E-state index contributed by atoms with van der Waals surface area (Å²) in [6, 6.07) is 0.246. The summed E-state index contributed by atoms with van der Waals surface area (Å²) in [6.45, 7) is 6.74. The number of fused-ring (bicyclic) bond motifs is 2. The summed E-state index contributed by atoms with van der Waals surface area (Å²) in [5, 5.41) is 3.50. The highest BCUT2D eigenvalue weighted by atomic mass is 35.5. The van der Waals surface area contributed by atoms with Gasteiger partial charge in [-0.3, -0.25) is 0 Å². The predicted octanol–water partition coefficient (Wildman–Crippen LogP) is 2.88. The second-order valence-electron chi connectivity index (χ2n) is 6.70. The van der Waals surface area contributed by atoms with E-state index in [0.717, 1.165) is 0 Å². The first kappa shape index (κ1) is 18.4. The van der Waals surface area contributed by atoms with Crippen LogP contribution in [0.15, 0.2) is 19.0 Å². The normalized spacial score (nSPS) is 12.8. The van der Waals surface area contributed by atoms with Gasteiger partial charge in [-0.15, -0.1) is 0 Å². The molecule has 0 aliphatic carbocycles. The third kappa shape index (κ3) is 3.09. The predicted molar refractivity (Wildman–Crippen MR) is 106 cm³/mol. The van der Waals surface area contributed by atoms with E-state index in [4.69, 9.17) is 16.3 Å². The zero-order chi connectivity index (χ0) is 19.8. The fourth-order valence-corrected chi connectivity index (χ4v) is 3.20. The molecule has 0 amide bonds. The quantitative estimate of drug-likeness (QED) is 0.491. The van der Waals surface area contributed by atoms with Crippen molar-refractivity contribution in [2.24, 2.45) is 0 Å². The van der Waals surface area contributed by atoms with E-state index in [0.29, 0.717) is 40.6 Å². The Morgan fingerprint density at radius 2 is 1.75 bits per heavy atom. The van der Waals surface area contributed by atoms with Crippen LogP contribution in [0.5, 0.6) is 5.88 Å². The minimum atomic E-state index is 0.0283. The molecule has 4 aromatic heterocycles. The number of anilines is 1. The number of rotatable bonds is 6. The molecule has 28 heavy (non-hydrogen) atoms. The summed E-state index contributed by atoms with van der Waals surface area (Å²) in [6.07, 6.45) is 4.94. The van der Waals surface area contributed by atoms with Crippen molar-refractivity contribution in [1.29, 1.82) is 0 Å². The van der Waals surface area contributed by atoms with Crippen LogP contribution in [0.3, 0.4) is 0 Å². The summed E-state index contributed by atoms with van der Waals surface area (Å²) in [5.74, 6) is 1.05. The maximum Gasteiger partial charge on any atom is 0.245 e. The fraction of sp³-hybridized carbons (Fsp3) is 0.412. The molecular weight excluding hydrogens is 382 g/mol. The van der Waals surface area contributed by atoms with Gasteiger partial charge < -0.3 is 19.2 Å². The lowest BCUT2D eigenvalue weighted by atomic mass is 10.3. The van der Waals surface area contributed by atoms with E-state index in [9.17, 15) is 0 Å². The smallest absolute Gasteiger partial charge is 0.245 e. The van der Waals surface area contributed by atoms with E-state index < -0.39 is 0 Å². The maximum absolute atomic E-state index is 6.13. The highest BCUT2D eigenvalue weighted by Gasteiger charge is 2.17. The van der Waals surface area contributed by atoms with Crippen molar-refractivity contribution in [3.63, 3.8) is 0 Å². The Bertz CT molecular complexity index is 1140. The highest BCUT2D eigenvalue weighted by molar-refractivity contribution is 6.28. The Hall–Kier alpha value is -3.01. The van der Waals surface area contributed by atoms with Gasteiger partial charge in [-0.2, -0.15) is 15.0 Å². The van der Waals surface area contributed by atoms with E-state index in [1.165, 1.54) is 6.33 Å². The number of methoxy groups -OCH3 is 1. The molecule has 11 heteroatoms. The molecule has 0 spiro atoms. The molecule has 1 atom stereocenters. The minimum absolute atomic E-state index is 0.0283. The molecule has 0 saturated carbocycles. The molecule has 1 N–H and O–H groups in total. The van der Waals surface area contributed by atoms with Gasteiger partial charge in [-0.05, 0) is 32.4 Å². The number of halogens is 1. The standard InChI is InChI=1S/C17H20ClN9O/c1-9(2)26-7-22-11-13(24-17(18)25-15(11)26)19-5-10(3)27-8-23-12-14(27)20-6-21-16(12)28-4/h6-10H,5H2,1-4H3,(H,19,24,25). The van der Waals surface area contributed by atoms with Gasteiger partial charge in [0.25, 0.3) is 0 Å². The molecule has 0 radical (unpaired) electrons. The molecule has 4 aromatic rings. The summed E-state index contributed by atoms with van der Waals surface area (Å²) >= 11 is 6.13. The van der Waals surface area contributed by atoms with Crippen molar-refractivity contribution >= 4 is 39.7 Å². The van der Waals surface area contributed by atoms with Crippen LogP contribution in [-0.2, 0) is 0 Å². The second-order valence-corrected chi connectivity index (χ2v) is 7.03. The molecule has 4 heterocycles. The van der Waals surface area contributed by atoms with E-state index >= 15 is 0 Å². The van der Waals surface area contributed by atoms with Crippen LogP contribution in [0.4, 0.5) is 5.82 Å². The number of aromatic nitrogens is 8. The van der Waals surface area contributed by atoms with Crippen LogP contribution >= 0.6 is 11.6 Å². The van der Waals surface area contributed by atoms with Crippen LogP contribution in [0.2, 0.25) is 5.28 Å². The lowest BCUT2D eigenvalue weighted by Gasteiger charge is -2.15. The average Bonchev–Trinajstić information content (AvgIpc) is 3.29. The van der Waals surface area contributed by atoms with Crippen molar-refractivity contribution in [1.82, 2.24) is 39.0 Å². The highest BCUT2D eigenvalue weighted by Crippen LogP contribution is 2.25. The molecule has 0 aromatic carbocycles. The Morgan fingerprint density at radius 3 is 2.50 bits per heavy atom. The summed E-state index contributed by atoms with van der Waals surface area (Å²) in [7, 11) is 1.56. The van der Waals surface area contributed by atoms with E-state index in [-0.39, 0.29) is 17.4 Å². The minimum Gasteiger partial charge on any atom is -0.479 e. The van der Waals surface area contributed by atoms with Crippen LogP contribution in [0.1, 0.15) is 32.9 Å². The van der Waals surface area contributed by atoms with Crippen molar-refractivity contribution in [2.75, 3.05) is 19.0 Å². The second kappa shape index (κ2) is 7.19. The molecule has 0 aliphatic rings. The molecule has 0 fully saturated rings. The van der Waals surface area contributed by atoms with Gasteiger partial charge in [0.2, 0.25) is 11.2 Å². The van der Waals surface area contributed by atoms with Gasteiger partial charge >= 0.3 is 0 Å². The molecule has 1 unspecified atom stereocenters. The summed E-state index contributed by atoms with van der Waals surface area (Å²) in [5.41, 5.74) is 2.72. The first-order valence-electron chi connectivity index (χ1n) is 8.85. The number of nitrogens with zero attached hydrogens (tertiary/aromatic N) is 8. The number of ether oxygens (including phenoxy) is 1. The van der Waals surface area contributed by atoms with Crippen LogP contribution in [0, 0.1) is 0 Å². The van der Waals surface area contributed by atoms with Gasteiger partial charge in [0.1, 0.15) is 6.33 Å². The Labute approximate surface area is 166 Å². The first-order chi connectivity index (χ1) is 13.5. The Balaban J connectivity index is 1.61. The molecule has 0 saturated heterocycles. The SMILES string of the molecule is COc1ncnc2c1ncn2C(C)CNc1nc(Cl)nc2c1ncn2C(C)C. The zero-order valence-corrected chi connectivity index (χ0v) is 16.7. The first-order valence-corrected chi connectivity index (χ1v) is 9.22. The Kier molecular flexibility index (Phi) is 4.71. The molecule has 0 aliphatic heterocycles. The topological polar surface area (TPSA) is 108 Å². The monoisotopic (exact) mass is 401 g/mol. The average molecular weight is 402 g/mol. The van der Waals surface area contributed by atoms with E-state index in [1.807, 2.05) is 9.13 Å². The molecular formula is C17H20ClN9O. The van der Waals surface area contributed by atoms with Crippen LogP contribution < -0.4 is 10.1 Å². The van der Waals surface area contributed by atoms with Crippen molar-refractivity contribution in [3.8, 4) is 5.88 Å². The van der Waals surface area contributed by atoms with E-state index in [1.54, 1.807) is 19.8 Å². The molecule has 4 rings (SSSR count). The molecule has 146 valence electrons. The number of hydrogen-bond donors (Lipinski definition) is 1. The Morgan fingerprint density at radius 1 is 1.00 bits per heavy atom. The van der Waals surface area contributed by atoms with Crippen molar-refractivity contribution in [3.05, 3.63) is 24.3 Å². The van der Waals surface area contributed by atoms with Crippen molar-refractivity contribution in [2.45, 2.75) is 32.9 Å². The van der Waals surface area contributed by atoms with Crippen LogP contribution in [-0.4, -0.2) is 52.7 Å². The van der Waals surface area contributed by atoms with Gasteiger partial charge in [0, 0.05) is 12.6 Å².